The first-order valence-electron chi connectivity index (χ1n) is 6.42. The number of nitrogen functional groups attached to an aromatic ring is 1. The Morgan fingerprint density at radius 2 is 2.24 bits per heavy atom. The molecule has 1 aromatic rings. The zero-order valence-electron chi connectivity index (χ0n) is 10.1. The van der Waals surface area contributed by atoms with E-state index in [1.807, 2.05) is 13.0 Å². The second-order valence-corrected chi connectivity index (χ2v) is 5.53. The number of hydrogen-bond acceptors (Lipinski definition) is 3. The van der Waals surface area contributed by atoms with Crippen molar-refractivity contribution in [2.75, 3.05) is 5.73 Å². The van der Waals surface area contributed by atoms with E-state index >= 15 is 0 Å². The molecule has 0 aromatic carbocycles. The maximum Gasteiger partial charge on any atom is 0.170 e. The van der Waals surface area contributed by atoms with E-state index in [4.69, 9.17) is 5.73 Å². The lowest BCUT2D eigenvalue weighted by Gasteiger charge is -2.21. The van der Waals surface area contributed by atoms with Crippen LogP contribution in [0.1, 0.15) is 41.6 Å². The first-order chi connectivity index (χ1) is 8.16. The van der Waals surface area contributed by atoms with Crippen molar-refractivity contribution in [2.45, 2.75) is 32.6 Å². The molecule has 0 aliphatic heterocycles. The smallest absolute Gasteiger partial charge is 0.170 e. The highest BCUT2D eigenvalue weighted by Gasteiger charge is 2.43. The van der Waals surface area contributed by atoms with E-state index in [0.717, 1.165) is 17.9 Å². The van der Waals surface area contributed by atoms with Crippen molar-refractivity contribution in [3.05, 3.63) is 23.4 Å². The molecule has 90 valence electrons. The SMILES string of the molecule is Cc1ccnc(N)c1C(=O)C1CC2CCC1C2. The Morgan fingerprint density at radius 3 is 2.82 bits per heavy atom. The lowest BCUT2D eigenvalue weighted by molar-refractivity contribution is 0.0875. The molecule has 0 spiro atoms. The summed E-state index contributed by atoms with van der Waals surface area (Å²) in [6.45, 7) is 1.94. The van der Waals surface area contributed by atoms with Gasteiger partial charge in [0.1, 0.15) is 5.82 Å². The molecule has 2 aliphatic carbocycles. The number of anilines is 1. The van der Waals surface area contributed by atoms with Crippen LogP contribution in [-0.4, -0.2) is 10.8 Å². The largest absolute Gasteiger partial charge is 0.383 e. The van der Waals surface area contributed by atoms with E-state index in [1.54, 1.807) is 6.20 Å². The van der Waals surface area contributed by atoms with Crippen LogP contribution in [0, 0.1) is 24.7 Å². The van der Waals surface area contributed by atoms with Gasteiger partial charge in [0.25, 0.3) is 0 Å². The number of fused-ring (bicyclic) bond motifs is 2. The number of nitrogens with two attached hydrogens (primary N) is 1. The van der Waals surface area contributed by atoms with Crippen LogP contribution in [0.5, 0.6) is 0 Å². The summed E-state index contributed by atoms with van der Waals surface area (Å²) >= 11 is 0. The van der Waals surface area contributed by atoms with E-state index in [-0.39, 0.29) is 11.7 Å². The van der Waals surface area contributed by atoms with Gasteiger partial charge in [-0.05, 0) is 49.7 Å². The molecule has 2 bridgehead atoms. The molecule has 0 amide bonds. The van der Waals surface area contributed by atoms with Crippen molar-refractivity contribution in [2.24, 2.45) is 17.8 Å². The van der Waals surface area contributed by atoms with Gasteiger partial charge >= 0.3 is 0 Å². The molecule has 3 unspecified atom stereocenters. The van der Waals surface area contributed by atoms with Crippen molar-refractivity contribution in [3.63, 3.8) is 0 Å². The van der Waals surface area contributed by atoms with Crippen molar-refractivity contribution < 1.29 is 4.79 Å². The van der Waals surface area contributed by atoms with Gasteiger partial charge < -0.3 is 5.73 Å². The van der Waals surface area contributed by atoms with Crippen LogP contribution in [-0.2, 0) is 0 Å². The van der Waals surface area contributed by atoms with E-state index < -0.39 is 0 Å². The molecule has 0 radical (unpaired) electrons. The molecule has 2 saturated carbocycles. The summed E-state index contributed by atoms with van der Waals surface area (Å²) < 4.78 is 0. The fraction of sp³-hybridized carbons (Fsp3) is 0.571. The van der Waals surface area contributed by atoms with Crippen LogP contribution in [0.4, 0.5) is 5.82 Å². The van der Waals surface area contributed by atoms with Crippen LogP contribution in [0.15, 0.2) is 12.3 Å². The number of hydrogen-bond donors (Lipinski definition) is 1. The summed E-state index contributed by atoms with van der Waals surface area (Å²) in [7, 11) is 0. The number of aryl methyl sites for hydroxylation is 1. The maximum atomic E-state index is 12.6. The van der Waals surface area contributed by atoms with Crippen LogP contribution >= 0.6 is 0 Å². The molecule has 1 heterocycles. The van der Waals surface area contributed by atoms with E-state index in [2.05, 4.69) is 4.98 Å². The molecular formula is C14H18N2O. The number of ketones is 1. The molecule has 17 heavy (non-hydrogen) atoms. The second kappa shape index (κ2) is 3.83. The number of rotatable bonds is 2. The van der Waals surface area contributed by atoms with Gasteiger partial charge in [-0.15, -0.1) is 0 Å². The molecule has 2 N–H and O–H groups in total. The topological polar surface area (TPSA) is 56.0 Å². The number of Topliss-reactive ketones (excluding diaryl/α,β-unsaturated/α-hetero) is 1. The number of nitrogens with zero attached hydrogens (tertiary/aromatic N) is 1. The lowest BCUT2D eigenvalue weighted by Crippen LogP contribution is -2.23. The molecule has 3 rings (SSSR count). The summed E-state index contributed by atoms with van der Waals surface area (Å²) in [5, 5.41) is 0. The zero-order valence-corrected chi connectivity index (χ0v) is 10.1. The minimum absolute atomic E-state index is 0.207. The Balaban J connectivity index is 1.92. The quantitative estimate of drug-likeness (QED) is 0.794. The highest BCUT2D eigenvalue weighted by Crippen LogP contribution is 2.49. The molecule has 1 aromatic heterocycles. The number of pyridine rings is 1. The second-order valence-electron chi connectivity index (χ2n) is 5.53. The Bertz CT molecular complexity index is 449. The van der Waals surface area contributed by atoms with Gasteiger partial charge in [0.15, 0.2) is 5.78 Å². The molecular weight excluding hydrogens is 212 g/mol. The van der Waals surface area contributed by atoms with Crippen molar-refractivity contribution in [3.8, 4) is 0 Å². The average Bonchev–Trinajstić information content (AvgIpc) is 2.90. The normalized spacial score (nSPS) is 30.8. The van der Waals surface area contributed by atoms with Crippen molar-refractivity contribution >= 4 is 11.6 Å². The molecule has 2 aliphatic rings. The minimum Gasteiger partial charge on any atom is -0.383 e. The van der Waals surface area contributed by atoms with E-state index in [9.17, 15) is 4.79 Å². The first-order valence-corrected chi connectivity index (χ1v) is 6.42. The third kappa shape index (κ3) is 1.65. The zero-order chi connectivity index (χ0) is 12.0. The first kappa shape index (κ1) is 10.8. The van der Waals surface area contributed by atoms with Crippen LogP contribution < -0.4 is 5.73 Å². The molecule has 2 fully saturated rings. The van der Waals surface area contributed by atoms with Gasteiger partial charge in [-0.3, -0.25) is 4.79 Å². The third-order valence-corrected chi connectivity index (χ3v) is 4.51. The standard InChI is InChI=1S/C14H18N2O/c1-8-4-5-16-14(15)12(8)13(17)11-7-9-2-3-10(11)6-9/h4-5,9-11H,2-3,6-7H2,1H3,(H2,15,16). The Morgan fingerprint density at radius 1 is 1.41 bits per heavy atom. The predicted molar refractivity (Wildman–Crippen MR) is 66.7 cm³/mol. The van der Waals surface area contributed by atoms with Gasteiger partial charge in [-0.2, -0.15) is 0 Å². The number of carbonyl (C=O) groups excluding carboxylic acids is 1. The molecule has 3 heteroatoms. The minimum atomic E-state index is 0.207. The Hall–Kier alpha value is -1.38. The van der Waals surface area contributed by atoms with Gasteiger partial charge in [-0.1, -0.05) is 6.42 Å². The van der Waals surface area contributed by atoms with E-state index in [1.165, 1.54) is 19.3 Å². The number of aromatic nitrogens is 1. The molecule has 3 atom stereocenters. The van der Waals surface area contributed by atoms with Gasteiger partial charge in [0.05, 0.1) is 5.56 Å². The summed E-state index contributed by atoms with van der Waals surface area (Å²) in [5.74, 6) is 2.23. The maximum absolute atomic E-state index is 12.6. The van der Waals surface area contributed by atoms with Crippen LogP contribution in [0.25, 0.3) is 0 Å². The number of carbonyl (C=O) groups is 1. The molecule has 3 nitrogen and oxygen atoms in total. The van der Waals surface area contributed by atoms with Crippen molar-refractivity contribution in [1.82, 2.24) is 4.98 Å². The highest BCUT2D eigenvalue weighted by atomic mass is 16.1. The van der Waals surface area contributed by atoms with Gasteiger partial charge in [-0.25, -0.2) is 4.98 Å². The summed E-state index contributed by atoms with van der Waals surface area (Å²) in [5.41, 5.74) is 7.49. The summed E-state index contributed by atoms with van der Waals surface area (Å²) in [4.78, 5) is 16.6. The Kier molecular flexibility index (Phi) is 2.42. The van der Waals surface area contributed by atoms with Gasteiger partial charge in [0, 0.05) is 12.1 Å². The summed E-state index contributed by atoms with van der Waals surface area (Å²) in [6.07, 6.45) is 6.52. The fourth-order valence-electron chi connectivity index (χ4n) is 3.65. The van der Waals surface area contributed by atoms with Gasteiger partial charge in [0.2, 0.25) is 0 Å². The summed E-state index contributed by atoms with van der Waals surface area (Å²) in [6, 6.07) is 1.87. The lowest BCUT2D eigenvalue weighted by atomic mass is 9.82. The predicted octanol–water partition coefficient (Wildman–Crippen LogP) is 2.59. The average molecular weight is 230 g/mol. The monoisotopic (exact) mass is 230 g/mol. The van der Waals surface area contributed by atoms with Crippen LogP contribution in [0.2, 0.25) is 0 Å². The molecule has 0 saturated heterocycles. The van der Waals surface area contributed by atoms with Crippen LogP contribution in [0.3, 0.4) is 0 Å². The van der Waals surface area contributed by atoms with Crippen molar-refractivity contribution in [1.29, 1.82) is 0 Å². The third-order valence-electron chi connectivity index (χ3n) is 4.51. The van der Waals surface area contributed by atoms with E-state index in [0.29, 0.717) is 17.3 Å². The Labute approximate surface area is 101 Å². The highest BCUT2D eigenvalue weighted by molar-refractivity contribution is 6.03. The fourth-order valence-corrected chi connectivity index (χ4v) is 3.65.